The van der Waals surface area contributed by atoms with Crippen LogP contribution in [-0.4, -0.2) is 497 Å². The van der Waals surface area contributed by atoms with E-state index in [1.807, 2.05) is 0 Å². The fraction of sp³-hybridized carbons (Fsp3) is 0.982. The number of hydrogen-bond acceptors (Lipinski definition) is 37. The molecule has 10 fully saturated rings. The number of nitrogens with zero attached hydrogens (tertiary/aromatic N) is 4. The Kier molecular flexibility index (Phi) is 45.0. The zero-order chi connectivity index (χ0) is 92.5. The highest BCUT2D eigenvalue weighted by Crippen LogP contribution is 2.46. The van der Waals surface area contributed by atoms with Crippen molar-refractivity contribution in [1.29, 1.82) is 5.26 Å². The molecule has 9 saturated heterocycles. The summed E-state index contributed by atoms with van der Waals surface area (Å²) < 4.78 is 183. The van der Waals surface area contributed by atoms with Gasteiger partial charge in [0, 0.05) is 78.8 Å². The number of hydrogen-bond donors (Lipinski definition) is 26. The number of aliphatic hydroxyl groups is 24. The third-order valence-electron chi connectivity index (χ3n) is 18.6. The van der Waals surface area contributed by atoms with Crippen LogP contribution in [0.3, 0.4) is 0 Å². The lowest BCUT2D eigenvalue weighted by Gasteiger charge is -2.25. The summed E-state index contributed by atoms with van der Waals surface area (Å²) in [6.45, 7) is -4.65. The molecule has 9 heterocycles. The van der Waals surface area contributed by atoms with Crippen LogP contribution in [0.2, 0.25) is 5.82 Å². The summed E-state index contributed by atoms with van der Waals surface area (Å²) in [7, 11) is 48.7. The molecule has 0 aromatic rings. The number of alkyl halides is 10. The van der Waals surface area contributed by atoms with Gasteiger partial charge in [0.2, 0.25) is 16.7 Å². The first kappa shape index (κ1) is 114. The van der Waals surface area contributed by atoms with Crippen LogP contribution in [0, 0.1) is 23.2 Å². The van der Waals surface area contributed by atoms with Crippen molar-refractivity contribution in [1.82, 2.24) is 0 Å². The minimum atomic E-state index is -4.38. The monoisotopic (exact) mass is 1760 g/mol. The first-order chi connectivity index (χ1) is 53.8. The van der Waals surface area contributed by atoms with Gasteiger partial charge in [-0.3, -0.25) is 4.57 Å². The van der Waals surface area contributed by atoms with E-state index < -0.39 is 311 Å². The van der Waals surface area contributed by atoms with Gasteiger partial charge in [-0.15, -0.1) is 11.8 Å². The van der Waals surface area contributed by atoms with Gasteiger partial charge in [0.15, 0.2) is 5.67 Å². The first-order valence-corrected chi connectivity index (χ1v) is 36.8. The second kappa shape index (κ2) is 46.6. The van der Waals surface area contributed by atoms with Crippen molar-refractivity contribution in [2.45, 2.75) is 259 Å². The van der Waals surface area contributed by atoms with Gasteiger partial charge in [-0.25, -0.2) is 43.9 Å². The minimum absolute atomic E-state index is 0.203. The molecule has 62 heteroatoms. The average molecular weight is 1760 g/mol. The average Bonchev–Trinajstić information content (AvgIpc) is 1.62. The van der Waals surface area contributed by atoms with Crippen molar-refractivity contribution in [3.8, 4) is 6.07 Å². The molecular weight excluding hydrogens is 1670 g/mol. The normalized spacial score (nSPS) is 48.4. The number of azide groups is 1. The number of ether oxygens (including phenoxy) is 9. The zero-order valence-electron chi connectivity index (χ0n) is 62.2. The Morgan fingerprint density at radius 1 is 0.492 bits per heavy atom. The molecule has 0 aromatic heterocycles. The molecule has 0 bridgehead atoms. The van der Waals surface area contributed by atoms with Crippen LogP contribution < -0.4 is 0 Å². The van der Waals surface area contributed by atoms with Gasteiger partial charge < -0.3 is 175 Å². The fourth-order valence-corrected chi connectivity index (χ4v) is 12.7. The highest BCUT2D eigenvalue weighted by molar-refractivity contribution is 8.02. The van der Waals surface area contributed by atoms with Gasteiger partial charge >= 0.3 is 7.60 Å². The number of halogens is 10. The van der Waals surface area contributed by atoms with E-state index in [1.165, 1.54) is 7.11 Å². The van der Waals surface area contributed by atoms with E-state index in [0.29, 0.717) is 11.8 Å². The molecule has 0 aromatic carbocycles. The standard InChI is InChI=1S/C6H7BFNO3.C6H11BFO6P.2C6H10BFO4.2C6H10BFO3.C5H7BFN3O3.C5H8BFO4.C5H8BFO3S.C5H8BFO3/c7-5-3(1-9)4(11)6(8,2-10)12-5;7-5-3(9)4(10)6(8,14-5)1-2-15(11,12)13;1-11-3-4(10)6(8,2-9)12-5(3)7;1-2(9)6(8)4(11)3(10)5(7)12-6;7-3-1-6(8,2-9)5(11)4(3)10;1-3-4(10)6(8,2-9)11-5(3)7;6-4-2(9-10-8)3(12)5(7,1-11)13-4;2*6-4-2(9)3(10)5(7,1-8)11-4;6-4-3(9)1-5(7,2-8)10-4/h3-5,10-11H,2H2;3-5,9-10H,1-2H2,(H2,11,12,13);3-5,9-10H,2H2,1H3;2-5,9-11H,1H3;3-5,9-11H,1-2H2;3-5,9-10H,2H2,1H3;2-4,11-12H,1H2;2*2-4,8-10H,1H2;3-4,8-9H,1-2H2/t3*3-,4+,5-,6-;2?,3-,4+,5-,6-;3-,4+,5+,6+;3-,4+,5-,6-;3*2-,3+,4-,5-;3-,4-,5+/m1111111111/s1. The molecule has 10 aliphatic rings. The number of nitriles is 1. The van der Waals surface area contributed by atoms with Crippen LogP contribution in [-0.2, 0) is 47.2 Å². The largest absolute Gasteiger partial charge is 0.393 e. The van der Waals surface area contributed by atoms with E-state index in [9.17, 15) is 63.8 Å². The quantitative estimate of drug-likeness (QED) is 0.0192. The Balaban J connectivity index is 0.000000657. The third kappa shape index (κ3) is 28.2. The first-order valence-electron chi connectivity index (χ1n) is 34.1. The van der Waals surface area contributed by atoms with Gasteiger partial charge in [-0.05, 0) is 29.8 Å². The van der Waals surface area contributed by atoms with E-state index >= 15 is 0 Å². The van der Waals surface area contributed by atoms with E-state index in [-0.39, 0.29) is 12.8 Å². The van der Waals surface area contributed by atoms with Gasteiger partial charge in [-0.1, -0.05) is 12.0 Å². The van der Waals surface area contributed by atoms with Crippen LogP contribution in [0.5, 0.6) is 0 Å². The molecule has 20 radical (unpaired) electrons. The lowest BCUT2D eigenvalue weighted by atomic mass is 9.83. The SMILES string of the molecule is [B][C@@H]1C[C@](F)(CO)[C@@H](O)[C@H]1O.[B][C@@H]1O[C@](F)(C(C)O)[C@@H](O)[C@H]1O.[B][C@@H]1O[C@](F)(CCP(=O)(O)O)[C@@H](O)[C@H]1O.[B][C@@H]1O[C@](F)(CO)C[C@H]1O.[B][C@@H]1O[C@](F)(CO)[C@@H](O)[C@H]1C.[B][C@@H]1O[C@](F)(CO)[C@@H](O)[C@H]1C#N.[B][C@@H]1O[C@](F)(CO)[C@@H](O)[C@H]1N=[N+]=[N-].[B][C@@H]1O[C@](F)(CO)[C@@H](O)[C@H]1O.[B][C@@H]1O[C@](F)(CO)[C@@H](O)[C@H]1OC.[B][C@@H]1S[C@](F)(CO)[C@@H](O)[C@H]1O. The molecule has 1 unspecified atom stereocenters. The minimum Gasteiger partial charge on any atom is -0.393 e. The summed E-state index contributed by atoms with van der Waals surface area (Å²) in [6.07, 6.45) is -27.7. The number of thioether (sulfide) groups is 1. The molecule has 40 nitrogen and oxygen atoms in total. The molecule has 40 atom stereocenters. The van der Waals surface area contributed by atoms with Gasteiger partial charge in [-0.2, -0.15) is 5.26 Å². The van der Waals surface area contributed by atoms with Crippen molar-refractivity contribution in [3.05, 3.63) is 10.4 Å². The van der Waals surface area contributed by atoms with Crippen LogP contribution in [0.4, 0.5) is 43.9 Å². The third-order valence-corrected chi connectivity index (χ3v) is 20.7. The number of rotatable bonds is 14. The summed E-state index contributed by atoms with van der Waals surface area (Å²) in [6, 6.07) is -8.97. The molecule has 0 spiro atoms. The lowest BCUT2D eigenvalue weighted by Crippen LogP contribution is -2.47. The van der Waals surface area contributed by atoms with Crippen molar-refractivity contribution in [2.24, 2.45) is 17.0 Å². The van der Waals surface area contributed by atoms with Crippen molar-refractivity contribution in [3.63, 3.8) is 0 Å². The lowest BCUT2D eigenvalue weighted by molar-refractivity contribution is -0.217. The molecule has 26 N–H and O–H groups in total. The van der Waals surface area contributed by atoms with E-state index in [0.717, 1.165) is 6.92 Å². The van der Waals surface area contributed by atoms with E-state index in [1.54, 1.807) is 13.0 Å². The predicted molar refractivity (Wildman–Crippen MR) is 381 cm³/mol. The number of methoxy groups -OCH3 is 1. The maximum Gasteiger partial charge on any atom is 0.325 e. The van der Waals surface area contributed by atoms with Crippen LogP contribution >= 0.6 is 19.4 Å². The molecular formula is C56H89B10F10N4O36PS. The summed E-state index contributed by atoms with van der Waals surface area (Å²) in [4.78, 5) is 19.4. The Morgan fingerprint density at radius 2 is 0.898 bits per heavy atom. The van der Waals surface area contributed by atoms with E-state index in [2.05, 4.69) is 52.7 Å². The van der Waals surface area contributed by atoms with E-state index in [4.69, 9.17) is 206 Å². The predicted octanol–water partition coefficient (Wildman–Crippen LogP) is -13.5. The van der Waals surface area contributed by atoms with Crippen LogP contribution in [0.15, 0.2) is 5.11 Å². The maximum absolute atomic E-state index is 13.7. The Hall–Kier alpha value is -2.07. The molecule has 1 aliphatic carbocycles. The van der Waals surface area contributed by atoms with Crippen molar-refractivity contribution >= 4 is 97.8 Å². The fourth-order valence-electron chi connectivity index (χ4n) is 11.0. The summed E-state index contributed by atoms with van der Waals surface area (Å²) in [5, 5.41) is 221. The molecule has 118 heavy (non-hydrogen) atoms. The van der Waals surface area contributed by atoms with Crippen molar-refractivity contribution < 1.29 is 223 Å². The van der Waals surface area contributed by atoms with Crippen LogP contribution in [0.1, 0.15) is 33.1 Å². The topological polar surface area (TPSA) is 699 Å². The molecule has 10 rings (SSSR count). The zero-order valence-corrected chi connectivity index (χ0v) is 63.9. The second-order valence-electron chi connectivity index (χ2n) is 27.4. The summed E-state index contributed by atoms with van der Waals surface area (Å²) in [5.41, 5.74) is 5.93. The van der Waals surface area contributed by atoms with Crippen LogP contribution in [0.25, 0.3) is 10.4 Å². The highest BCUT2D eigenvalue weighted by atomic mass is 32.2. The second-order valence-corrected chi connectivity index (χ2v) is 30.7. The Labute approximate surface area is 683 Å². The van der Waals surface area contributed by atoms with Gasteiger partial charge in [0.05, 0.1) is 71.4 Å². The smallest absolute Gasteiger partial charge is 0.325 e. The Morgan fingerprint density at radius 3 is 1.13 bits per heavy atom. The van der Waals surface area contributed by atoms with Gasteiger partial charge in [0.1, 0.15) is 188 Å². The summed E-state index contributed by atoms with van der Waals surface area (Å²) in [5.74, 6) is -22.7. The number of aliphatic hydroxyl groups excluding tert-OH is 24. The summed E-state index contributed by atoms with van der Waals surface area (Å²) >= 11 is 0.545. The van der Waals surface area contributed by atoms with Gasteiger partial charge in [0.25, 0.3) is 35.1 Å². The maximum atomic E-state index is 13.7. The molecule has 1 saturated carbocycles. The molecule has 660 valence electrons. The molecule has 9 aliphatic heterocycles. The molecule has 0 amide bonds. The van der Waals surface area contributed by atoms with Crippen molar-refractivity contribution in [2.75, 3.05) is 66.1 Å². The Bertz CT molecular complexity index is 3030. The highest BCUT2D eigenvalue weighted by Gasteiger charge is 2.61.